The molecule has 0 amide bonds. The Kier molecular flexibility index (Phi) is 7.27. The van der Waals surface area contributed by atoms with Gasteiger partial charge in [-0.15, -0.1) is 0 Å². The summed E-state index contributed by atoms with van der Waals surface area (Å²) in [5.41, 5.74) is 1.91. The van der Waals surface area contributed by atoms with Crippen molar-refractivity contribution in [3.8, 4) is 0 Å². The molecule has 0 bridgehead atoms. The van der Waals surface area contributed by atoms with Gasteiger partial charge in [0.15, 0.2) is 12.1 Å². The Labute approximate surface area is 244 Å². The van der Waals surface area contributed by atoms with Crippen LogP contribution in [0.4, 0.5) is 0 Å². The fourth-order valence-corrected chi connectivity index (χ4v) is 11.1. The van der Waals surface area contributed by atoms with Gasteiger partial charge < -0.3 is 39.4 Å². The van der Waals surface area contributed by atoms with Gasteiger partial charge in [-0.05, 0) is 91.8 Å². The maximum absolute atomic E-state index is 10.5. The number of hydrogen-bond donors (Lipinski definition) is 4. The molecule has 3 aliphatic heterocycles. The standard InChI is InChI=1S/C33H52O8/c1-17-7-12-33(38-16-17)18(2)26-24(41-33)14-23-21-6-5-19-13-20(8-10-31(19,3)22(21)9-11-32(23,26)4)39-30-29(37)28(36)27(35)25(15-34)40-30/h5,17-18,20-30,34-37H,6-16H2,1-4H3/t17-,18+,20+,21-,22+,23+,24+,25?,26+,27-,28?,29?,30-,31+,32+,33-/m1/s1. The zero-order valence-corrected chi connectivity index (χ0v) is 25.3. The van der Waals surface area contributed by atoms with Gasteiger partial charge in [-0.2, -0.15) is 0 Å². The molecule has 4 aliphatic carbocycles. The van der Waals surface area contributed by atoms with Crippen LogP contribution >= 0.6 is 0 Å². The summed E-state index contributed by atoms with van der Waals surface area (Å²) < 4.78 is 25.3. The van der Waals surface area contributed by atoms with Crippen LogP contribution in [0, 0.1) is 46.3 Å². The van der Waals surface area contributed by atoms with Crippen molar-refractivity contribution in [3.63, 3.8) is 0 Å². The summed E-state index contributed by atoms with van der Waals surface area (Å²) >= 11 is 0. The van der Waals surface area contributed by atoms with Crippen molar-refractivity contribution in [2.24, 2.45) is 46.3 Å². The van der Waals surface area contributed by atoms with Crippen molar-refractivity contribution in [1.82, 2.24) is 0 Å². The fourth-order valence-electron chi connectivity index (χ4n) is 11.1. The smallest absolute Gasteiger partial charge is 0.186 e. The number of fused-ring (bicyclic) bond motifs is 7. The molecule has 232 valence electrons. The molecule has 41 heavy (non-hydrogen) atoms. The molecule has 6 fully saturated rings. The Bertz CT molecular complexity index is 1020. The minimum absolute atomic E-state index is 0.129. The van der Waals surface area contributed by atoms with E-state index in [9.17, 15) is 20.4 Å². The highest BCUT2D eigenvalue weighted by molar-refractivity contribution is 5.26. The topological polar surface area (TPSA) is 118 Å². The molecule has 16 atom stereocenters. The first kappa shape index (κ1) is 29.1. The van der Waals surface area contributed by atoms with E-state index in [0.717, 1.165) is 45.1 Å². The summed E-state index contributed by atoms with van der Waals surface area (Å²) in [6, 6.07) is 0. The Morgan fingerprint density at radius 2 is 1.78 bits per heavy atom. The predicted octanol–water partition coefficient (Wildman–Crippen LogP) is 3.54. The molecule has 7 aliphatic rings. The number of ether oxygens (including phenoxy) is 4. The summed E-state index contributed by atoms with van der Waals surface area (Å²) in [6.45, 7) is 10.1. The Balaban J connectivity index is 1.05. The Morgan fingerprint density at radius 3 is 2.51 bits per heavy atom. The third-order valence-corrected chi connectivity index (χ3v) is 13.5. The summed E-state index contributed by atoms with van der Waals surface area (Å²) in [4.78, 5) is 0. The quantitative estimate of drug-likeness (QED) is 0.377. The minimum Gasteiger partial charge on any atom is -0.394 e. The molecular formula is C33H52O8. The van der Waals surface area contributed by atoms with Gasteiger partial charge in [-0.3, -0.25) is 0 Å². The van der Waals surface area contributed by atoms with Crippen LogP contribution in [0.1, 0.15) is 85.5 Å². The largest absolute Gasteiger partial charge is 0.394 e. The van der Waals surface area contributed by atoms with Crippen molar-refractivity contribution < 1.29 is 39.4 Å². The molecule has 3 unspecified atom stereocenters. The Morgan fingerprint density at radius 1 is 0.976 bits per heavy atom. The van der Waals surface area contributed by atoms with E-state index in [1.54, 1.807) is 0 Å². The lowest BCUT2D eigenvalue weighted by molar-refractivity contribution is -0.313. The van der Waals surface area contributed by atoms with E-state index in [0.29, 0.717) is 47.0 Å². The molecule has 3 saturated heterocycles. The van der Waals surface area contributed by atoms with Crippen molar-refractivity contribution in [3.05, 3.63) is 11.6 Å². The summed E-state index contributed by atoms with van der Waals surface area (Å²) in [5, 5.41) is 40.4. The zero-order valence-electron chi connectivity index (χ0n) is 25.3. The molecule has 8 nitrogen and oxygen atoms in total. The highest BCUT2D eigenvalue weighted by Crippen LogP contribution is 2.70. The molecule has 0 aromatic carbocycles. The van der Waals surface area contributed by atoms with Crippen LogP contribution in [0.25, 0.3) is 0 Å². The summed E-state index contributed by atoms with van der Waals surface area (Å²) in [5.74, 6) is 3.28. The van der Waals surface area contributed by atoms with Gasteiger partial charge >= 0.3 is 0 Å². The molecule has 4 N–H and O–H groups in total. The van der Waals surface area contributed by atoms with E-state index in [-0.39, 0.29) is 17.3 Å². The van der Waals surface area contributed by atoms with Crippen LogP contribution in [-0.4, -0.2) is 82.3 Å². The third-order valence-electron chi connectivity index (χ3n) is 13.5. The first-order valence-electron chi connectivity index (χ1n) is 16.5. The highest BCUT2D eigenvalue weighted by Gasteiger charge is 2.68. The lowest BCUT2D eigenvalue weighted by Gasteiger charge is -2.58. The second-order valence-electron chi connectivity index (χ2n) is 15.5. The third kappa shape index (κ3) is 4.29. The number of aliphatic hydroxyl groups excluding tert-OH is 4. The number of rotatable bonds is 3. The van der Waals surface area contributed by atoms with E-state index < -0.39 is 37.3 Å². The summed E-state index contributed by atoms with van der Waals surface area (Å²) in [7, 11) is 0. The number of hydrogen-bond acceptors (Lipinski definition) is 8. The SMILES string of the molecule is C[C@@H]1CC[C@@]2(OC1)O[C@H]1C[C@H]3[C@@H]4CC=C5C[C@@H](O[C@@H]6OC(CO)[C@@H](O)C(O)C6O)CC[C@]5(C)[C@H]4CC[C@]3(C)[C@H]1[C@@H]2C. The van der Waals surface area contributed by atoms with Crippen molar-refractivity contribution >= 4 is 0 Å². The van der Waals surface area contributed by atoms with Crippen LogP contribution in [0.5, 0.6) is 0 Å². The van der Waals surface area contributed by atoms with Crippen LogP contribution in [0.15, 0.2) is 11.6 Å². The van der Waals surface area contributed by atoms with Crippen LogP contribution in [0.3, 0.4) is 0 Å². The lowest BCUT2D eigenvalue weighted by atomic mass is 9.47. The van der Waals surface area contributed by atoms with E-state index in [2.05, 4.69) is 33.8 Å². The predicted molar refractivity (Wildman–Crippen MR) is 150 cm³/mol. The number of aliphatic hydroxyl groups is 4. The van der Waals surface area contributed by atoms with Crippen LogP contribution < -0.4 is 0 Å². The normalized spacial score (nSPS) is 58.3. The van der Waals surface area contributed by atoms with Crippen LogP contribution in [0.2, 0.25) is 0 Å². The van der Waals surface area contributed by atoms with E-state index in [4.69, 9.17) is 18.9 Å². The molecular weight excluding hydrogens is 524 g/mol. The van der Waals surface area contributed by atoms with Crippen molar-refractivity contribution in [2.45, 2.75) is 134 Å². The molecule has 1 spiro atoms. The summed E-state index contributed by atoms with van der Waals surface area (Å²) in [6.07, 6.45) is 6.24. The molecule has 0 aromatic rings. The molecule has 3 heterocycles. The minimum atomic E-state index is -1.41. The fraction of sp³-hybridized carbons (Fsp3) is 0.939. The molecule has 3 saturated carbocycles. The first-order chi connectivity index (χ1) is 19.5. The first-order valence-corrected chi connectivity index (χ1v) is 16.5. The van der Waals surface area contributed by atoms with Crippen molar-refractivity contribution in [2.75, 3.05) is 13.2 Å². The van der Waals surface area contributed by atoms with Crippen LogP contribution in [-0.2, 0) is 18.9 Å². The average Bonchev–Trinajstić information content (AvgIpc) is 3.40. The van der Waals surface area contributed by atoms with Gasteiger partial charge in [-0.1, -0.05) is 39.3 Å². The van der Waals surface area contributed by atoms with Gasteiger partial charge in [0.2, 0.25) is 0 Å². The van der Waals surface area contributed by atoms with Gasteiger partial charge in [0.05, 0.1) is 25.4 Å². The Hall–Kier alpha value is -0.580. The lowest BCUT2D eigenvalue weighted by Crippen LogP contribution is -2.60. The maximum atomic E-state index is 10.5. The second-order valence-corrected chi connectivity index (χ2v) is 15.5. The van der Waals surface area contributed by atoms with Gasteiger partial charge in [0, 0.05) is 12.3 Å². The van der Waals surface area contributed by atoms with Gasteiger partial charge in [0.1, 0.15) is 24.4 Å². The highest BCUT2D eigenvalue weighted by atomic mass is 16.7. The molecule has 0 aromatic heterocycles. The van der Waals surface area contributed by atoms with E-state index >= 15 is 0 Å². The molecule has 8 heteroatoms. The van der Waals surface area contributed by atoms with Gasteiger partial charge in [-0.25, -0.2) is 0 Å². The number of allylic oxidation sites excluding steroid dienone is 1. The molecule has 7 rings (SSSR count). The van der Waals surface area contributed by atoms with E-state index in [1.807, 2.05) is 0 Å². The van der Waals surface area contributed by atoms with Gasteiger partial charge in [0.25, 0.3) is 0 Å². The monoisotopic (exact) mass is 576 g/mol. The maximum Gasteiger partial charge on any atom is 0.186 e. The average molecular weight is 577 g/mol. The van der Waals surface area contributed by atoms with Crippen molar-refractivity contribution in [1.29, 1.82) is 0 Å². The second kappa shape index (κ2) is 10.2. The zero-order chi connectivity index (χ0) is 28.9. The van der Waals surface area contributed by atoms with E-state index in [1.165, 1.54) is 24.8 Å². The molecule has 0 radical (unpaired) electrons.